The van der Waals surface area contributed by atoms with Gasteiger partial charge in [-0.15, -0.1) is 10.2 Å². The van der Waals surface area contributed by atoms with Crippen molar-refractivity contribution >= 4 is 11.6 Å². The molecule has 1 N–H and O–H groups in total. The molecule has 0 spiro atoms. The summed E-state index contributed by atoms with van der Waals surface area (Å²) >= 11 is 0. The van der Waals surface area contributed by atoms with Crippen LogP contribution < -0.4 is 5.32 Å². The van der Waals surface area contributed by atoms with E-state index in [9.17, 15) is 10.1 Å². The Morgan fingerprint density at radius 1 is 1.15 bits per heavy atom. The van der Waals surface area contributed by atoms with Crippen LogP contribution >= 0.6 is 0 Å². The Morgan fingerprint density at radius 3 is 2.81 bits per heavy atom. The van der Waals surface area contributed by atoms with Gasteiger partial charge in [-0.25, -0.2) is 0 Å². The zero-order valence-electron chi connectivity index (χ0n) is 14.9. The summed E-state index contributed by atoms with van der Waals surface area (Å²) in [5.74, 6) is 1.71. The van der Waals surface area contributed by atoms with E-state index >= 15 is 0 Å². The van der Waals surface area contributed by atoms with E-state index in [4.69, 9.17) is 0 Å². The maximum Gasteiger partial charge on any atom is 0.244 e. The van der Waals surface area contributed by atoms with Gasteiger partial charge in [0.2, 0.25) is 5.91 Å². The predicted octanol–water partition coefficient (Wildman–Crippen LogP) is 3.69. The maximum atomic E-state index is 12.7. The number of rotatable bonds is 3. The Hall–Kier alpha value is -2.68. The van der Waals surface area contributed by atoms with Gasteiger partial charge in [0.05, 0.1) is 6.07 Å². The van der Waals surface area contributed by atoms with E-state index in [2.05, 4.69) is 26.2 Å². The molecule has 0 unspecified atom stereocenters. The second kappa shape index (κ2) is 6.91. The molecular weight excluding hydrogens is 326 g/mol. The van der Waals surface area contributed by atoms with E-state index in [1.165, 1.54) is 6.42 Å². The van der Waals surface area contributed by atoms with Crippen LogP contribution in [0.1, 0.15) is 50.8 Å². The monoisotopic (exact) mass is 349 g/mol. The fourth-order valence-electron chi connectivity index (χ4n) is 4.05. The standard InChI is InChI=1S/C20H23N5O/c21-14-20(10-3-4-11-20)19(26)22-16-8-6-7-15(13-16)18-24-23-17-9-2-1-5-12-25(17)18/h6-8,13H,1-5,9-12H2,(H,22,26). The van der Waals surface area contributed by atoms with Crippen molar-refractivity contribution in [3.8, 4) is 17.5 Å². The number of fused-ring (bicyclic) bond motifs is 1. The molecule has 1 aliphatic heterocycles. The molecule has 6 heteroatoms. The first-order valence-electron chi connectivity index (χ1n) is 9.47. The van der Waals surface area contributed by atoms with Gasteiger partial charge in [-0.3, -0.25) is 4.79 Å². The van der Waals surface area contributed by atoms with Crippen molar-refractivity contribution in [1.82, 2.24) is 14.8 Å². The fourth-order valence-corrected chi connectivity index (χ4v) is 4.05. The minimum Gasteiger partial charge on any atom is -0.325 e. The van der Waals surface area contributed by atoms with Crippen LogP contribution in [0.25, 0.3) is 11.4 Å². The third-order valence-corrected chi connectivity index (χ3v) is 5.59. The summed E-state index contributed by atoms with van der Waals surface area (Å²) < 4.78 is 2.20. The Bertz CT molecular complexity index is 857. The van der Waals surface area contributed by atoms with E-state index < -0.39 is 5.41 Å². The second-order valence-electron chi connectivity index (χ2n) is 7.34. The van der Waals surface area contributed by atoms with Crippen LogP contribution in [0.3, 0.4) is 0 Å². The highest BCUT2D eigenvalue weighted by molar-refractivity contribution is 5.97. The third-order valence-electron chi connectivity index (χ3n) is 5.59. The number of carbonyl (C=O) groups is 1. The zero-order valence-corrected chi connectivity index (χ0v) is 14.9. The lowest BCUT2D eigenvalue weighted by atomic mass is 9.87. The molecule has 1 aromatic heterocycles. The van der Waals surface area contributed by atoms with Crippen LogP contribution in [0, 0.1) is 16.7 Å². The van der Waals surface area contributed by atoms with Crippen molar-refractivity contribution in [1.29, 1.82) is 5.26 Å². The van der Waals surface area contributed by atoms with E-state index in [1.54, 1.807) is 0 Å². The molecule has 1 amide bonds. The van der Waals surface area contributed by atoms with E-state index in [1.807, 2.05) is 24.3 Å². The summed E-state index contributed by atoms with van der Waals surface area (Å²) in [6.45, 7) is 0.936. The van der Waals surface area contributed by atoms with Crippen molar-refractivity contribution in [3.05, 3.63) is 30.1 Å². The minimum atomic E-state index is -0.873. The molecule has 4 rings (SSSR count). The molecular formula is C20H23N5O. The topological polar surface area (TPSA) is 83.6 Å². The molecule has 1 aliphatic carbocycles. The van der Waals surface area contributed by atoms with Crippen molar-refractivity contribution in [2.24, 2.45) is 5.41 Å². The highest BCUT2D eigenvalue weighted by atomic mass is 16.2. The van der Waals surface area contributed by atoms with Crippen molar-refractivity contribution in [2.45, 2.75) is 57.9 Å². The highest BCUT2D eigenvalue weighted by Gasteiger charge is 2.41. The molecule has 6 nitrogen and oxygen atoms in total. The van der Waals surface area contributed by atoms with Crippen LogP contribution in [0.4, 0.5) is 5.69 Å². The number of aryl methyl sites for hydroxylation is 1. The van der Waals surface area contributed by atoms with Gasteiger partial charge in [-0.05, 0) is 37.8 Å². The van der Waals surface area contributed by atoms with Crippen LogP contribution in [0.15, 0.2) is 24.3 Å². The first kappa shape index (κ1) is 16.8. The first-order valence-corrected chi connectivity index (χ1v) is 9.47. The SMILES string of the molecule is N#CC1(C(=O)Nc2cccc(-c3nnc4n3CCCCC4)c2)CCCC1. The number of carbonyl (C=O) groups excluding carboxylic acids is 1. The van der Waals surface area contributed by atoms with Crippen molar-refractivity contribution in [2.75, 3.05) is 5.32 Å². The smallest absolute Gasteiger partial charge is 0.244 e. The molecule has 1 fully saturated rings. The van der Waals surface area contributed by atoms with Gasteiger partial charge < -0.3 is 9.88 Å². The van der Waals surface area contributed by atoms with Crippen molar-refractivity contribution in [3.63, 3.8) is 0 Å². The Labute approximate surface area is 153 Å². The van der Waals surface area contributed by atoms with E-state index in [-0.39, 0.29) is 5.91 Å². The summed E-state index contributed by atoms with van der Waals surface area (Å²) in [4.78, 5) is 12.7. The number of benzene rings is 1. The van der Waals surface area contributed by atoms with Gasteiger partial charge in [0.25, 0.3) is 0 Å². The fraction of sp³-hybridized carbons (Fsp3) is 0.500. The zero-order chi connectivity index (χ0) is 18.0. The number of nitriles is 1. The van der Waals surface area contributed by atoms with Crippen LogP contribution in [0.2, 0.25) is 0 Å². The normalized spacial score (nSPS) is 18.6. The average molecular weight is 349 g/mol. The average Bonchev–Trinajstić information content (AvgIpc) is 3.24. The molecule has 2 heterocycles. The Balaban J connectivity index is 1.59. The number of hydrogen-bond acceptors (Lipinski definition) is 4. The molecule has 134 valence electrons. The molecule has 0 atom stereocenters. The van der Waals surface area contributed by atoms with Crippen LogP contribution in [-0.4, -0.2) is 20.7 Å². The lowest BCUT2D eigenvalue weighted by Gasteiger charge is -2.19. The summed E-state index contributed by atoms with van der Waals surface area (Å²) in [6, 6.07) is 9.95. The number of hydrogen-bond donors (Lipinski definition) is 1. The van der Waals surface area contributed by atoms with Crippen molar-refractivity contribution < 1.29 is 4.79 Å². The number of aromatic nitrogens is 3. The Morgan fingerprint density at radius 2 is 2.00 bits per heavy atom. The first-order chi connectivity index (χ1) is 12.7. The van der Waals surface area contributed by atoms with Gasteiger partial charge in [0.1, 0.15) is 11.2 Å². The molecule has 26 heavy (non-hydrogen) atoms. The lowest BCUT2D eigenvalue weighted by Crippen LogP contribution is -2.32. The molecule has 0 bridgehead atoms. The van der Waals surface area contributed by atoms with E-state index in [0.29, 0.717) is 18.5 Å². The number of nitrogens with zero attached hydrogens (tertiary/aromatic N) is 4. The predicted molar refractivity (Wildman–Crippen MR) is 98.2 cm³/mol. The summed E-state index contributed by atoms with van der Waals surface area (Å²) in [5.41, 5.74) is 0.781. The number of nitrogens with one attached hydrogen (secondary N) is 1. The maximum absolute atomic E-state index is 12.7. The Kier molecular flexibility index (Phi) is 4.46. The van der Waals surface area contributed by atoms with Crippen LogP contribution in [0.5, 0.6) is 0 Å². The molecule has 0 radical (unpaired) electrons. The number of anilines is 1. The quantitative estimate of drug-likeness (QED) is 0.916. The molecule has 2 aromatic rings. The molecule has 1 aromatic carbocycles. The largest absolute Gasteiger partial charge is 0.325 e. The van der Waals surface area contributed by atoms with Gasteiger partial charge >= 0.3 is 0 Å². The van der Waals surface area contributed by atoms with Crippen LogP contribution in [-0.2, 0) is 17.8 Å². The summed E-state index contributed by atoms with van der Waals surface area (Å²) in [6.07, 6.45) is 7.64. The van der Waals surface area contributed by atoms with Gasteiger partial charge in [0.15, 0.2) is 5.82 Å². The van der Waals surface area contributed by atoms with Gasteiger partial charge in [0, 0.05) is 24.2 Å². The summed E-state index contributed by atoms with van der Waals surface area (Å²) in [7, 11) is 0. The number of amides is 1. The second-order valence-corrected chi connectivity index (χ2v) is 7.34. The summed E-state index contributed by atoms with van der Waals surface area (Å²) in [5, 5.41) is 21.2. The highest BCUT2D eigenvalue weighted by Crippen LogP contribution is 2.38. The molecule has 2 aliphatic rings. The van der Waals surface area contributed by atoms with E-state index in [0.717, 1.165) is 55.9 Å². The molecule has 1 saturated carbocycles. The van der Waals surface area contributed by atoms with Gasteiger partial charge in [-0.2, -0.15) is 5.26 Å². The minimum absolute atomic E-state index is 0.185. The lowest BCUT2D eigenvalue weighted by molar-refractivity contribution is -0.122. The molecule has 0 saturated heterocycles. The third kappa shape index (κ3) is 2.98. The van der Waals surface area contributed by atoms with Gasteiger partial charge in [-0.1, -0.05) is 31.4 Å².